The average molecular weight is 533 g/mol. The van der Waals surface area contributed by atoms with Crippen molar-refractivity contribution in [1.29, 1.82) is 0 Å². The first-order chi connectivity index (χ1) is 13.5. The molecule has 2 nitrogen and oxygen atoms in total. The van der Waals surface area contributed by atoms with Crippen molar-refractivity contribution in [2.45, 2.75) is 13.8 Å². The summed E-state index contributed by atoms with van der Waals surface area (Å²) in [6.07, 6.45) is 0. The smallest absolute Gasteiger partial charge is 0.123 e. The van der Waals surface area contributed by atoms with Crippen LogP contribution in [-0.2, 0) is 26.2 Å². The molecule has 0 bridgehead atoms. The molecule has 0 unspecified atom stereocenters. The molecule has 5 heteroatoms. The van der Waals surface area contributed by atoms with Crippen LogP contribution >= 0.6 is 24.8 Å². The Morgan fingerprint density at radius 1 is 0.484 bits per heavy atom. The quantitative estimate of drug-likeness (QED) is 0.279. The van der Waals surface area contributed by atoms with Gasteiger partial charge in [0.15, 0.2) is 0 Å². The molecule has 0 fully saturated rings. The summed E-state index contributed by atoms with van der Waals surface area (Å²) in [4.78, 5) is 0. The summed E-state index contributed by atoms with van der Waals surface area (Å²) in [6, 6.07) is 31.0. The minimum Gasteiger partial charge on any atom is -0.507 e. The number of aryl methyl sites for hydroxylation is 2. The van der Waals surface area contributed by atoms with Crippen LogP contribution in [0.25, 0.3) is 22.3 Å². The van der Waals surface area contributed by atoms with Crippen LogP contribution in [0.3, 0.4) is 0 Å². The van der Waals surface area contributed by atoms with E-state index in [-0.39, 0.29) is 51.0 Å². The van der Waals surface area contributed by atoms with Crippen molar-refractivity contribution in [3.05, 3.63) is 108 Å². The molecule has 0 saturated heterocycles. The predicted molar refractivity (Wildman–Crippen MR) is 131 cm³/mol. The van der Waals surface area contributed by atoms with Crippen molar-refractivity contribution in [2.75, 3.05) is 0 Å². The average Bonchev–Trinajstić information content (AvgIpc) is 2.69. The van der Waals surface area contributed by atoms with E-state index in [9.17, 15) is 10.2 Å². The van der Waals surface area contributed by atoms with E-state index in [1.165, 1.54) is 11.1 Å². The third kappa shape index (κ3) is 8.18. The number of rotatable bonds is 2. The van der Waals surface area contributed by atoms with Crippen LogP contribution in [0.5, 0.6) is 11.5 Å². The first kappa shape index (κ1) is 28.9. The first-order valence-corrected chi connectivity index (χ1v) is 9.24. The Morgan fingerprint density at radius 3 is 1.16 bits per heavy atom. The number of benzene rings is 4. The molecule has 0 saturated carbocycles. The van der Waals surface area contributed by atoms with E-state index in [0.717, 1.165) is 22.3 Å². The molecule has 0 aliphatic heterocycles. The summed E-state index contributed by atoms with van der Waals surface area (Å²) < 4.78 is 0. The van der Waals surface area contributed by atoms with Crippen molar-refractivity contribution in [3.63, 3.8) is 0 Å². The summed E-state index contributed by atoms with van der Waals surface area (Å²) >= 11 is 0. The van der Waals surface area contributed by atoms with E-state index < -0.39 is 0 Å². The standard InChI is InChI=1S/2C13H12O.2ClH.Zr/c2*1-10-5-4-6-11(9-10)12-7-2-3-8-13(12)14;;;/h2*2-9,14H,1H3;2*1H;. The summed E-state index contributed by atoms with van der Waals surface area (Å²) in [5.74, 6) is 0.663. The van der Waals surface area contributed by atoms with E-state index in [1.807, 2.05) is 86.6 Å². The Balaban J connectivity index is 0.000000529. The van der Waals surface area contributed by atoms with Crippen LogP contribution in [0.2, 0.25) is 0 Å². The van der Waals surface area contributed by atoms with Gasteiger partial charge in [-0.25, -0.2) is 0 Å². The van der Waals surface area contributed by atoms with Gasteiger partial charge in [-0.2, -0.15) is 0 Å². The van der Waals surface area contributed by atoms with Gasteiger partial charge in [0.05, 0.1) is 0 Å². The maximum Gasteiger partial charge on any atom is 0.123 e. The second kappa shape index (κ2) is 14.1. The molecule has 0 radical (unpaired) electrons. The van der Waals surface area contributed by atoms with Crippen LogP contribution in [0, 0.1) is 13.8 Å². The topological polar surface area (TPSA) is 40.5 Å². The van der Waals surface area contributed by atoms with Crippen molar-refractivity contribution < 1.29 is 36.4 Å². The number of phenolic OH excluding ortho intramolecular Hbond substituents is 2. The van der Waals surface area contributed by atoms with Crippen LogP contribution in [-0.4, -0.2) is 10.2 Å². The molecule has 4 aromatic rings. The third-order valence-corrected chi connectivity index (χ3v) is 4.47. The normalized spacial score (nSPS) is 9.10. The van der Waals surface area contributed by atoms with Crippen molar-refractivity contribution >= 4 is 24.8 Å². The fraction of sp³-hybridized carbons (Fsp3) is 0.0769. The molecule has 0 heterocycles. The SMILES string of the molecule is Cc1cccc(-c2ccccc2O)c1.Cc1cccc(-c2ccccc2O)c1.Cl.Cl.[Zr]. The Labute approximate surface area is 215 Å². The van der Waals surface area contributed by atoms with Gasteiger partial charge in [0.25, 0.3) is 0 Å². The van der Waals surface area contributed by atoms with E-state index in [1.54, 1.807) is 12.1 Å². The van der Waals surface area contributed by atoms with Crippen LogP contribution in [0.15, 0.2) is 97.1 Å². The zero-order chi connectivity index (χ0) is 19.9. The zero-order valence-corrected chi connectivity index (χ0v) is 21.5. The molecule has 0 atom stereocenters. The number of aromatic hydroxyl groups is 2. The van der Waals surface area contributed by atoms with Crippen LogP contribution in [0.1, 0.15) is 11.1 Å². The number of phenols is 2. The van der Waals surface area contributed by atoms with Crippen LogP contribution in [0.4, 0.5) is 0 Å². The molecule has 0 aliphatic carbocycles. The van der Waals surface area contributed by atoms with Crippen molar-refractivity contribution in [1.82, 2.24) is 0 Å². The molecule has 2 N–H and O–H groups in total. The van der Waals surface area contributed by atoms with Gasteiger partial charge < -0.3 is 10.2 Å². The third-order valence-electron chi connectivity index (χ3n) is 4.47. The second-order valence-electron chi connectivity index (χ2n) is 6.77. The molecular weight excluding hydrogens is 506 g/mol. The largest absolute Gasteiger partial charge is 0.507 e. The summed E-state index contributed by atoms with van der Waals surface area (Å²) in [7, 11) is 0. The van der Waals surface area contributed by atoms with E-state index >= 15 is 0 Å². The van der Waals surface area contributed by atoms with Gasteiger partial charge in [-0.05, 0) is 37.1 Å². The molecule has 160 valence electrons. The van der Waals surface area contributed by atoms with E-state index in [4.69, 9.17) is 0 Å². The minimum absolute atomic E-state index is 0. The molecule has 0 spiro atoms. The molecular formula is C26H26Cl2O2Zr. The zero-order valence-electron chi connectivity index (χ0n) is 17.4. The summed E-state index contributed by atoms with van der Waals surface area (Å²) in [5.41, 5.74) is 6.29. The number of para-hydroxylation sites is 2. The number of hydrogen-bond donors (Lipinski definition) is 2. The summed E-state index contributed by atoms with van der Waals surface area (Å²) in [5, 5.41) is 19.3. The fourth-order valence-corrected chi connectivity index (χ4v) is 3.06. The van der Waals surface area contributed by atoms with Gasteiger partial charge in [-0.1, -0.05) is 96.1 Å². The Hall–Kier alpha value is -2.06. The van der Waals surface area contributed by atoms with Gasteiger partial charge in [0.1, 0.15) is 11.5 Å². The molecule has 4 rings (SSSR count). The maximum absolute atomic E-state index is 9.65. The Morgan fingerprint density at radius 2 is 0.839 bits per heavy atom. The first-order valence-electron chi connectivity index (χ1n) is 9.24. The number of hydrogen-bond acceptors (Lipinski definition) is 2. The maximum atomic E-state index is 9.65. The van der Waals surface area contributed by atoms with Gasteiger partial charge in [-0.15, -0.1) is 24.8 Å². The molecule has 0 amide bonds. The van der Waals surface area contributed by atoms with Crippen molar-refractivity contribution in [3.8, 4) is 33.8 Å². The predicted octanol–water partition coefficient (Wildman–Crippen LogP) is 7.58. The molecule has 31 heavy (non-hydrogen) atoms. The van der Waals surface area contributed by atoms with Crippen LogP contribution < -0.4 is 0 Å². The van der Waals surface area contributed by atoms with E-state index in [2.05, 4.69) is 12.1 Å². The van der Waals surface area contributed by atoms with Gasteiger partial charge in [-0.3, -0.25) is 0 Å². The van der Waals surface area contributed by atoms with Crippen molar-refractivity contribution in [2.24, 2.45) is 0 Å². The van der Waals surface area contributed by atoms with Gasteiger partial charge in [0.2, 0.25) is 0 Å². The second-order valence-corrected chi connectivity index (χ2v) is 6.77. The molecule has 4 aromatic carbocycles. The Bertz CT molecular complexity index is 997. The fourth-order valence-electron chi connectivity index (χ4n) is 3.06. The monoisotopic (exact) mass is 530 g/mol. The summed E-state index contributed by atoms with van der Waals surface area (Å²) in [6.45, 7) is 4.09. The van der Waals surface area contributed by atoms with Gasteiger partial charge in [0, 0.05) is 37.3 Å². The number of halogens is 2. The van der Waals surface area contributed by atoms with Gasteiger partial charge >= 0.3 is 0 Å². The Kier molecular flexibility index (Phi) is 13.2. The minimum atomic E-state index is 0. The molecule has 0 aromatic heterocycles. The van der Waals surface area contributed by atoms with E-state index in [0.29, 0.717) is 11.5 Å². The molecule has 0 aliphatic rings.